The third kappa shape index (κ3) is 3.43. The lowest BCUT2D eigenvalue weighted by Gasteiger charge is -2.05. The zero-order chi connectivity index (χ0) is 12.8. The number of anilines is 1. The summed E-state index contributed by atoms with van der Waals surface area (Å²) in [5, 5.41) is 4.20. The molecule has 0 aliphatic rings. The molecule has 0 heterocycles. The second-order valence-corrected chi connectivity index (χ2v) is 4.41. The Morgan fingerprint density at radius 1 is 0.944 bits per heavy atom. The van der Waals surface area contributed by atoms with Crippen LogP contribution in [-0.2, 0) is 0 Å². The Kier molecular flexibility index (Phi) is 4.52. The summed E-state index contributed by atoms with van der Waals surface area (Å²) >= 11 is 12.0. The zero-order valence-electron chi connectivity index (χ0n) is 9.58. The lowest BCUT2D eigenvalue weighted by molar-refractivity contribution is 1.38. The predicted octanol–water partition coefficient (Wildman–Crippen LogP) is 4.46. The summed E-state index contributed by atoms with van der Waals surface area (Å²) in [4.78, 5) is 0. The summed E-state index contributed by atoms with van der Waals surface area (Å²) in [6.45, 7) is 0.523. The third-order valence-electron chi connectivity index (χ3n) is 2.33. The molecule has 0 aromatic heterocycles. The quantitative estimate of drug-likeness (QED) is 0.799. The highest BCUT2D eigenvalue weighted by molar-refractivity contribution is 6.43. The standard InChI is InChI=1S/C15H11Cl2N/c16-13-9-4-10-14(15(13)17)18-11-5-8-12-6-2-1-3-7-12/h1-4,6-7,9-10,18H,11H2. The Balaban J connectivity index is 1.97. The number of nitrogens with one attached hydrogen (secondary N) is 1. The first-order valence-electron chi connectivity index (χ1n) is 5.49. The topological polar surface area (TPSA) is 12.0 Å². The second kappa shape index (κ2) is 6.35. The molecule has 0 amide bonds. The largest absolute Gasteiger partial charge is 0.373 e. The first kappa shape index (κ1) is 12.8. The average Bonchev–Trinajstić information content (AvgIpc) is 2.40. The van der Waals surface area contributed by atoms with Gasteiger partial charge in [-0.25, -0.2) is 0 Å². The maximum atomic E-state index is 6.05. The summed E-state index contributed by atoms with van der Waals surface area (Å²) in [7, 11) is 0. The molecule has 2 aromatic rings. The van der Waals surface area contributed by atoms with Crippen molar-refractivity contribution in [3.8, 4) is 11.8 Å². The van der Waals surface area contributed by atoms with Gasteiger partial charge in [-0.05, 0) is 24.3 Å². The lowest BCUT2D eigenvalue weighted by atomic mass is 10.2. The Hall–Kier alpha value is -1.62. The van der Waals surface area contributed by atoms with Crippen molar-refractivity contribution < 1.29 is 0 Å². The monoisotopic (exact) mass is 275 g/mol. The fourth-order valence-corrected chi connectivity index (χ4v) is 1.81. The van der Waals surface area contributed by atoms with Gasteiger partial charge < -0.3 is 5.32 Å². The van der Waals surface area contributed by atoms with E-state index in [1.54, 1.807) is 6.07 Å². The van der Waals surface area contributed by atoms with Crippen LogP contribution in [0.1, 0.15) is 5.56 Å². The van der Waals surface area contributed by atoms with Gasteiger partial charge in [-0.15, -0.1) is 0 Å². The van der Waals surface area contributed by atoms with Crippen LogP contribution in [-0.4, -0.2) is 6.54 Å². The minimum Gasteiger partial charge on any atom is -0.373 e. The van der Waals surface area contributed by atoms with Crippen LogP contribution in [0.25, 0.3) is 0 Å². The van der Waals surface area contributed by atoms with E-state index in [1.165, 1.54) is 0 Å². The predicted molar refractivity (Wildman–Crippen MR) is 78.3 cm³/mol. The third-order valence-corrected chi connectivity index (χ3v) is 3.14. The molecule has 0 unspecified atom stereocenters. The summed E-state index contributed by atoms with van der Waals surface area (Å²) in [5.41, 5.74) is 1.79. The maximum absolute atomic E-state index is 6.05. The van der Waals surface area contributed by atoms with E-state index in [9.17, 15) is 0 Å². The molecule has 2 rings (SSSR count). The molecule has 0 aliphatic carbocycles. The summed E-state index contributed by atoms with van der Waals surface area (Å²) in [6, 6.07) is 15.3. The van der Waals surface area contributed by atoms with Crippen LogP contribution in [0.3, 0.4) is 0 Å². The minimum atomic E-state index is 0.523. The molecule has 0 fully saturated rings. The number of rotatable bonds is 2. The molecule has 0 aliphatic heterocycles. The van der Waals surface area contributed by atoms with Gasteiger partial charge in [0.15, 0.2) is 0 Å². The van der Waals surface area contributed by atoms with Gasteiger partial charge in [0.2, 0.25) is 0 Å². The molecule has 0 bridgehead atoms. The minimum absolute atomic E-state index is 0.523. The first-order chi connectivity index (χ1) is 8.77. The van der Waals surface area contributed by atoms with E-state index in [0.717, 1.165) is 11.3 Å². The van der Waals surface area contributed by atoms with Crippen LogP contribution >= 0.6 is 23.2 Å². The molecule has 0 saturated heterocycles. The van der Waals surface area contributed by atoms with E-state index in [0.29, 0.717) is 16.6 Å². The molecule has 1 N–H and O–H groups in total. The van der Waals surface area contributed by atoms with Crippen molar-refractivity contribution in [3.05, 3.63) is 64.1 Å². The van der Waals surface area contributed by atoms with Gasteiger partial charge in [-0.2, -0.15) is 0 Å². The van der Waals surface area contributed by atoms with Crippen molar-refractivity contribution in [1.29, 1.82) is 0 Å². The average molecular weight is 276 g/mol. The normalized spacial score (nSPS) is 9.44. The van der Waals surface area contributed by atoms with E-state index in [2.05, 4.69) is 17.2 Å². The van der Waals surface area contributed by atoms with Crippen molar-refractivity contribution in [3.63, 3.8) is 0 Å². The molecule has 0 spiro atoms. The van der Waals surface area contributed by atoms with Crippen molar-refractivity contribution in [1.82, 2.24) is 0 Å². The van der Waals surface area contributed by atoms with Crippen LogP contribution in [0.4, 0.5) is 5.69 Å². The highest BCUT2D eigenvalue weighted by Crippen LogP contribution is 2.29. The molecule has 3 heteroatoms. The van der Waals surface area contributed by atoms with Gasteiger partial charge in [0.25, 0.3) is 0 Å². The molecule has 0 atom stereocenters. The van der Waals surface area contributed by atoms with E-state index < -0.39 is 0 Å². The molecular weight excluding hydrogens is 265 g/mol. The molecule has 0 saturated carbocycles. The van der Waals surface area contributed by atoms with E-state index in [-0.39, 0.29) is 0 Å². The second-order valence-electron chi connectivity index (χ2n) is 3.62. The lowest BCUT2D eigenvalue weighted by Crippen LogP contribution is -1.99. The van der Waals surface area contributed by atoms with Crippen molar-refractivity contribution in [2.45, 2.75) is 0 Å². The molecule has 0 radical (unpaired) electrons. The Morgan fingerprint density at radius 2 is 1.72 bits per heavy atom. The fraction of sp³-hybridized carbons (Fsp3) is 0.0667. The van der Waals surface area contributed by atoms with Gasteiger partial charge in [0.1, 0.15) is 0 Å². The van der Waals surface area contributed by atoms with E-state index in [1.807, 2.05) is 42.5 Å². The zero-order valence-corrected chi connectivity index (χ0v) is 11.1. The van der Waals surface area contributed by atoms with E-state index in [4.69, 9.17) is 23.2 Å². The number of benzene rings is 2. The van der Waals surface area contributed by atoms with Crippen molar-refractivity contribution in [2.75, 3.05) is 11.9 Å². The van der Waals surface area contributed by atoms with Gasteiger partial charge in [0, 0.05) is 5.56 Å². The molecular formula is C15H11Cl2N. The molecule has 90 valence electrons. The Labute approximate surface area is 117 Å². The van der Waals surface area contributed by atoms with Crippen LogP contribution in [0, 0.1) is 11.8 Å². The van der Waals surface area contributed by atoms with Crippen LogP contribution in [0.15, 0.2) is 48.5 Å². The van der Waals surface area contributed by atoms with Gasteiger partial charge >= 0.3 is 0 Å². The molecule has 2 aromatic carbocycles. The smallest absolute Gasteiger partial charge is 0.0823 e. The van der Waals surface area contributed by atoms with Crippen LogP contribution < -0.4 is 5.32 Å². The van der Waals surface area contributed by atoms with Crippen molar-refractivity contribution in [2.24, 2.45) is 0 Å². The van der Waals surface area contributed by atoms with Gasteiger partial charge in [0.05, 0.1) is 22.3 Å². The molecule has 18 heavy (non-hydrogen) atoms. The Morgan fingerprint density at radius 3 is 2.50 bits per heavy atom. The summed E-state index contributed by atoms with van der Waals surface area (Å²) in [5.74, 6) is 6.09. The molecule has 1 nitrogen and oxygen atoms in total. The fourth-order valence-electron chi connectivity index (χ4n) is 1.45. The highest BCUT2D eigenvalue weighted by Gasteiger charge is 2.01. The number of halogens is 2. The number of hydrogen-bond donors (Lipinski definition) is 1. The number of hydrogen-bond acceptors (Lipinski definition) is 1. The van der Waals surface area contributed by atoms with Gasteiger partial charge in [-0.1, -0.05) is 59.3 Å². The first-order valence-corrected chi connectivity index (χ1v) is 6.25. The van der Waals surface area contributed by atoms with E-state index >= 15 is 0 Å². The van der Waals surface area contributed by atoms with Crippen molar-refractivity contribution >= 4 is 28.9 Å². The summed E-state index contributed by atoms with van der Waals surface area (Å²) < 4.78 is 0. The van der Waals surface area contributed by atoms with Crippen LogP contribution in [0.5, 0.6) is 0 Å². The Bertz CT molecular complexity index is 582. The highest BCUT2D eigenvalue weighted by atomic mass is 35.5. The van der Waals surface area contributed by atoms with Gasteiger partial charge in [-0.3, -0.25) is 0 Å². The van der Waals surface area contributed by atoms with Crippen LogP contribution in [0.2, 0.25) is 10.0 Å². The SMILES string of the molecule is Clc1cccc(NCC#Cc2ccccc2)c1Cl. The summed E-state index contributed by atoms with van der Waals surface area (Å²) in [6.07, 6.45) is 0. The maximum Gasteiger partial charge on any atom is 0.0823 e.